The summed E-state index contributed by atoms with van der Waals surface area (Å²) in [6.07, 6.45) is 0. The van der Waals surface area contributed by atoms with Gasteiger partial charge in [0.1, 0.15) is 0 Å². The standard InChI is InChI=1S/C19H21NO5/c1-4-24-17(22)19(3,18(23)25-5-2)15-12-11-14(20-15)16(21)13-9-7-6-8-10-13/h6-12,20H,4-5H2,1-3H3. The highest BCUT2D eigenvalue weighted by atomic mass is 16.6. The first-order chi connectivity index (χ1) is 11.9. The van der Waals surface area contributed by atoms with Crippen LogP contribution in [0.1, 0.15) is 42.5 Å². The lowest BCUT2D eigenvalue weighted by Gasteiger charge is -2.24. The molecule has 0 radical (unpaired) electrons. The molecule has 1 N–H and O–H groups in total. The number of ether oxygens (including phenoxy) is 2. The van der Waals surface area contributed by atoms with Crippen LogP contribution in [0.3, 0.4) is 0 Å². The zero-order chi connectivity index (χ0) is 18.4. The molecule has 6 heteroatoms. The SMILES string of the molecule is CCOC(=O)C(C)(C(=O)OCC)c1ccc(C(=O)c2ccccc2)[nH]1. The van der Waals surface area contributed by atoms with Crippen molar-refractivity contribution in [2.75, 3.05) is 13.2 Å². The van der Waals surface area contributed by atoms with Crippen LogP contribution >= 0.6 is 0 Å². The fraction of sp³-hybridized carbons (Fsp3) is 0.316. The van der Waals surface area contributed by atoms with Crippen LogP contribution in [0, 0.1) is 0 Å². The van der Waals surface area contributed by atoms with Crippen LogP contribution in [0.4, 0.5) is 0 Å². The molecule has 0 saturated heterocycles. The molecule has 1 aromatic carbocycles. The summed E-state index contributed by atoms with van der Waals surface area (Å²) >= 11 is 0. The van der Waals surface area contributed by atoms with E-state index in [-0.39, 0.29) is 30.4 Å². The van der Waals surface area contributed by atoms with Gasteiger partial charge in [0.05, 0.1) is 18.9 Å². The number of esters is 2. The third-order valence-electron chi connectivity index (χ3n) is 3.87. The number of carbonyl (C=O) groups is 3. The quantitative estimate of drug-likeness (QED) is 0.474. The summed E-state index contributed by atoms with van der Waals surface area (Å²) in [5.41, 5.74) is -0.629. The van der Waals surface area contributed by atoms with Gasteiger partial charge in [-0.05, 0) is 32.9 Å². The molecular formula is C19H21NO5. The molecule has 0 fully saturated rings. The van der Waals surface area contributed by atoms with Gasteiger partial charge in [0.25, 0.3) is 0 Å². The number of hydrogen-bond acceptors (Lipinski definition) is 5. The van der Waals surface area contributed by atoms with E-state index in [2.05, 4.69) is 4.98 Å². The maximum atomic E-state index is 12.5. The largest absolute Gasteiger partial charge is 0.465 e. The second-order valence-corrected chi connectivity index (χ2v) is 5.55. The zero-order valence-electron chi connectivity index (χ0n) is 14.5. The molecule has 132 valence electrons. The monoisotopic (exact) mass is 343 g/mol. The number of ketones is 1. The molecule has 0 atom stereocenters. The molecule has 0 aliphatic rings. The van der Waals surface area contributed by atoms with E-state index in [0.29, 0.717) is 5.56 Å². The van der Waals surface area contributed by atoms with Crippen molar-refractivity contribution in [3.05, 3.63) is 59.4 Å². The topological polar surface area (TPSA) is 85.5 Å². The Morgan fingerprint density at radius 3 is 2.00 bits per heavy atom. The minimum atomic E-state index is -1.67. The molecule has 0 unspecified atom stereocenters. The molecule has 1 heterocycles. The lowest BCUT2D eigenvalue weighted by Crippen LogP contribution is -2.44. The van der Waals surface area contributed by atoms with E-state index in [4.69, 9.17) is 9.47 Å². The van der Waals surface area contributed by atoms with E-state index in [0.717, 1.165) is 0 Å². The van der Waals surface area contributed by atoms with Gasteiger partial charge in [0, 0.05) is 11.3 Å². The molecule has 25 heavy (non-hydrogen) atoms. The van der Waals surface area contributed by atoms with Crippen LogP contribution in [0.5, 0.6) is 0 Å². The highest BCUT2D eigenvalue weighted by molar-refractivity contribution is 6.09. The van der Waals surface area contributed by atoms with Crippen molar-refractivity contribution in [3.63, 3.8) is 0 Å². The summed E-state index contributed by atoms with van der Waals surface area (Å²) < 4.78 is 10.1. The lowest BCUT2D eigenvalue weighted by atomic mass is 9.87. The zero-order valence-corrected chi connectivity index (χ0v) is 14.5. The Labute approximate surface area is 146 Å². The predicted molar refractivity (Wildman–Crippen MR) is 91.3 cm³/mol. The van der Waals surface area contributed by atoms with Crippen LogP contribution in [-0.4, -0.2) is 35.9 Å². The van der Waals surface area contributed by atoms with Crippen molar-refractivity contribution in [1.82, 2.24) is 4.98 Å². The maximum Gasteiger partial charge on any atom is 0.329 e. The van der Waals surface area contributed by atoms with Crippen molar-refractivity contribution >= 4 is 17.7 Å². The van der Waals surface area contributed by atoms with Crippen LogP contribution < -0.4 is 0 Å². The van der Waals surface area contributed by atoms with E-state index < -0.39 is 17.4 Å². The molecular weight excluding hydrogens is 322 g/mol. The van der Waals surface area contributed by atoms with Crippen LogP contribution in [0.25, 0.3) is 0 Å². The number of carbonyl (C=O) groups excluding carboxylic acids is 3. The Bertz CT molecular complexity index is 745. The second-order valence-electron chi connectivity index (χ2n) is 5.55. The molecule has 1 aromatic heterocycles. The Hall–Kier alpha value is -2.89. The molecule has 2 aromatic rings. The van der Waals surface area contributed by atoms with E-state index >= 15 is 0 Å². The first kappa shape index (κ1) is 18.4. The van der Waals surface area contributed by atoms with Gasteiger partial charge in [-0.1, -0.05) is 30.3 Å². The first-order valence-corrected chi connectivity index (χ1v) is 8.08. The van der Waals surface area contributed by atoms with Crippen LogP contribution in [-0.2, 0) is 24.5 Å². The van der Waals surface area contributed by atoms with Crippen molar-refractivity contribution in [3.8, 4) is 0 Å². The van der Waals surface area contributed by atoms with E-state index in [9.17, 15) is 14.4 Å². The van der Waals surface area contributed by atoms with E-state index in [1.807, 2.05) is 6.07 Å². The van der Waals surface area contributed by atoms with Crippen molar-refractivity contribution in [2.24, 2.45) is 0 Å². The van der Waals surface area contributed by atoms with Crippen molar-refractivity contribution in [1.29, 1.82) is 0 Å². The number of rotatable bonds is 7. The van der Waals surface area contributed by atoms with Gasteiger partial charge in [0.2, 0.25) is 11.2 Å². The summed E-state index contributed by atoms with van der Waals surface area (Å²) in [6.45, 7) is 4.99. The number of aromatic nitrogens is 1. The average molecular weight is 343 g/mol. The Balaban J connectivity index is 2.40. The summed E-state index contributed by atoms with van der Waals surface area (Å²) in [6, 6.07) is 11.8. The normalized spacial score (nSPS) is 11.0. The number of H-pyrrole nitrogens is 1. The summed E-state index contributed by atoms with van der Waals surface area (Å²) in [5, 5.41) is 0. The van der Waals surface area contributed by atoms with Gasteiger partial charge in [-0.2, -0.15) is 0 Å². The van der Waals surface area contributed by atoms with Gasteiger partial charge in [-0.25, -0.2) is 0 Å². The molecule has 0 spiro atoms. The molecule has 0 amide bonds. The third kappa shape index (κ3) is 3.63. The van der Waals surface area contributed by atoms with Crippen molar-refractivity contribution in [2.45, 2.75) is 26.2 Å². The summed E-state index contributed by atoms with van der Waals surface area (Å²) in [5.74, 6) is -1.69. The number of hydrogen-bond donors (Lipinski definition) is 1. The Kier molecular flexibility index (Phi) is 5.75. The number of aromatic amines is 1. The molecule has 6 nitrogen and oxygen atoms in total. The first-order valence-electron chi connectivity index (χ1n) is 8.08. The van der Waals surface area contributed by atoms with E-state index in [1.165, 1.54) is 13.0 Å². The van der Waals surface area contributed by atoms with Gasteiger partial charge in [-0.3, -0.25) is 14.4 Å². The van der Waals surface area contributed by atoms with Gasteiger partial charge in [0.15, 0.2) is 0 Å². The van der Waals surface area contributed by atoms with Gasteiger partial charge < -0.3 is 14.5 Å². The fourth-order valence-corrected chi connectivity index (χ4v) is 2.42. The third-order valence-corrected chi connectivity index (χ3v) is 3.87. The summed E-state index contributed by atoms with van der Waals surface area (Å²) in [4.78, 5) is 40.2. The van der Waals surface area contributed by atoms with Crippen LogP contribution in [0.15, 0.2) is 42.5 Å². The average Bonchev–Trinajstić information content (AvgIpc) is 3.12. The minimum Gasteiger partial charge on any atom is -0.465 e. The number of nitrogens with one attached hydrogen (secondary N) is 1. The van der Waals surface area contributed by atoms with E-state index in [1.54, 1.807) is 44.2 Å². The molecule has 0 aliphatic carbocycles. The highest BCUT2D eigenvalue weighted by Crippen LogP contribution is 2.27. The maximum absolute atomic E-state index is 12.5. The fourth-order valence-electron chi connectivity index (χ4n) is 2.42. The highest BCUT2D eigenvalue weighted by Gasteiger charge is 2.47. The number of benzene rings is 1. The molecule has 0 aliphatic heterocycles. The molecule has 2 rings (SSSR count). The minimum absolute atomic E-state index is 0.129. The Morgan fingerprint density at radius 1 is 0.920 bits per heavy atom. The second kappa shape index (κ2) is 7.79. The van der Waals surface area contributed by atoms with Crippen molar-refractivity contribution < 1.29 is 23.9 Å². The van der Waals surface area contributed by atoms with Crippen LogP contribution in [0.2, 0.25) is 0 Å². The lowest BCUT2D eigenvalue weighted by molar-refractivity contribution is -0.164. The predicted octanol–water partition coefficient (Wildman–Crippen LogP) is 2.63. The molecule has 0 saturated carbocycles. The molecule has 0 bridgehead atoms. The summed E-state index contributed by atoms with van der Waals surface area (Å²) in [7, 11) is 0. The smallest absolute Gasteiger partial charge is 0.329 e. The van der Waals surface area contributed by atoms with Gasteiger partial charge in [-0.15, -0.1) is 0 Å². The Morgan fingerprint density at radius 2 is 1.48 bits per heavy atom. The van der Waals surface area contributed by atoms with Gasteiger partial charge >= 0.3 is 11.9 Å².